The predicted octanol–water partition coefficient (Wildman–Crippen LogP) is 17.3. The fraction of sp³-hybridized carbons (Fsp3) is 0.610. The highest BCUT2D eigenvalue weighted by Gasteiger charge is 2.19. The molecule has 0 aliphatic carbocycles. The zero-order valence-corrected chi connectivity index (χ0v) is 41.7. The minimum atomic E-state index is -0.840. The zero-order valence-electron chi connectivity index (χ0n) is 41.7. The molecule has 0 amide bonds. The van der Waals surface area contributed by atoms with Crippen molar-refractivity contribution in [3.05, 3.63) is 122 Å². The van der Waals surface area contributed by atoms with Gasteiger partial charge in [-0.15, -0.1) is 0 Å². The smallest absolute Gasteiger partial charge is 0.306 e. The lowest BCUT2D eigenvalue weighted by atomic mass is 10.1. The molecule has 6 nitrogen and oxygen atoms in total. The molecule has 0 N–H and O–H groups in total. The van der Waals surface area contributed by atoms with Crippen LogP contribution in [0.5, 0.6) is 0 Å². The van der Waals surface area contributed by atoms with Gasteiger partial charge in [0.15, 0.2) is 6.10 Å². The summed E-state index contributed by atoms with van der Waals surface area (Å²) in [5.74, 6) is -1.11. The number of esters is 3. The molecule has 0 aliphatic rings. The third-order valence-corrected chi connectivity index (χ3v) is 10.5. The molecule has 0 rings (SSSR count). The summed E-state index contributed by atoms with van der Waals surface area (Å²) in [5, 5.41) is 0. The number of unbranched alkanes of at least 4 members (excludes halogenated alkanes) is 15. The van der Waals surface area contributed by atoms with E-state index in [4.69, 9.17) is 14.2 Å². The van der Waals surface area contributed by atoms with Gasteiger partial charge in [0.1, 0.15) is 13.2 Å². The topological polar surface area (TPSA) is 78.9 Å². The Morgan fingerprint density at radius 3 is 1.12 bits per heavy atom. The van der Waals surface area contributed by atoms with Crippen molar-refractivity contribution in [2.45, 2.75) is 219 Å². The standard InChI is InChI=1S/C59H94O6/c1-4-7-10-13-16-19-22-25-27-28-29-30-32-34-37-40-43-46-49-52-58(61)64-55-56(54-63-57(60)51-48-45-42-39-36-33-24-21-18-15-12-9-6-3)65-59(62)53-50-47-44-41-38-35-31-26-23-20-17-14-11-8-5-2/h7,10,16-17,19-20,23,25-27,29-30,33-34,36-37,42-43,45-46,56H,4-6,8-9,11-15,18,21-22,24,28,31-32,35,38-41,44,47-55H2,1-3H3/b10-7-,19-16-,20-17-,26-23-,27-25-,30-29-,36-33-,37-34-,45-42-,46-43-. The Morgan fingerprint density at radius 1 is 0.338 bits per heavy atom. The first-order chi connectivity index (χ1) is 32.0. The Balaban J connectivity index is 4.60. The van der Waals surface area contributed by atoms with Crippen molar-refractivity contribution in [3.63, 3.8) is 0 Å². The van der Waals surface area contributed by atoms with Crippen molar-refractivity contribution in [1.29, 1.82) is 0 Å². The highest BCUT2D eigenvalue weighted by atomic mass is 16.6. The monoisotopic (exact) mass is 899 g/mol. The van der Waals surface area contributed by atoms with Crippen LogP contribution in [0.3, 0.4) is 0 Å². The van der Waals surface area contributed by atoms with Crippen LogP contribution in [0.1, 0.15) is 213 Å². The van der Waals surface area contributed by atoms with E-state index in [0.29, 0.717) is 12.8 Å². The van der Waals surface area contributed by atoms with Crippen molar-refractivity contribution >= 4 is 17.9 Å². The summed E-state index contributed by atoms with van der Waals surface area (Å²) in [4.78, 5) is 37.9. The molecule has 0 aromatic heterocycles. The van der Waals surface area contributed by atoms with Gasteiger partial charge in [-0.1, -0.05) is 213 Å². The Bertz CT molecular complexity index is 1400. The van der Waals surface area contributed by atoms with Crippen molar-refractivity contribution in [2.24, 2.45) is 0 Å². The quantitative estimate of drug-likeness (QED) is 0.0199. The molecular formula is C59H94O6. The molecule has 1 atom stereocenters. The zero-order chi connectivity index (χ0) is 47.2. The highest BCUT2D eigenvalue weighted by molar-refractivity contribution is 5.71. The van der Waals surface area contributed by atoms with E-state index in [1.807, 2.05) is 18.2 Å². The van der Waals surface area contributed by atoms with Gasteiger partial charge in [0, 0.05) is 19.3 Å². The molecule has 366 valence electrons. The van der Waals surface area contributed by atoms with E-state index in [1.165, 1.54) is 70.6 Å². The summed E-state index contributed by atoms with van der Waals surface area (Å²) in [6.07, 6.45) is 72.0. The molecule has 0 aromatic rings. The minimum absolute atomic E-state index is 0.140. The molecule has 0 aromatic carbocycles. The molecule has 0 aliphatic heterocycles. The van der Waals surface area contributed by atoms with Crippen LogP contribution in [0.15, 0.2) is 122 Å². The van der Waals surface area contributed by atoms with E-state index in [-0.39, 0.29) is 50.4 Å². The molecule has 65 heavy (non-hydrogen) atoms. The number of rotatable bonds is 45. The van der Waals surface area contributed by atoms with Crippen LogP contribution in [0.2, 0.25) is 0 Å². The molecule has 6 heteroatoms. The van der Waals surface area contributed by atoms with Crippen molar-refractivity contribution in [2.75, 3.05) is 13.2 Å². The molecule has 0 spiro atoms. The maximum atomic E-state index is 12.8. The number of carbonyl (C=O) groups is 3. The Kier molecular flexibility index (Phi) is 49.1. The molecular weight excluding hydrogens is 805 g/mol. The average molecular weight is 899 g/mol. The van der Waals surface area contributed by atoms with Crippen LogP contribution in [0.4, 0.5) is 0 Å². The summed E-state index contributed by atoms with van der Waals surface area (Å²) in [7, 11) is 0. The van der Waals surface area contributed by atoms with Gasteiger partial charge in [-0.05, 0) is 103 Å². The molecule has 0 bridgehead atoms. The van der Waals surface area contributed by atoms with Crippen molar-refractivity contribution < 1.29 is 28.6 Å². The average Bonchev–Trinajstić information content (AvgIpc) is 3.30. The molecule has 0 fully saturated rings. The van der Waals surface area contributed by atoms with Gasteiger partial charge >= 0.3 is 17.9 Å². The van der Waals surface area contributed by atoms with Gasteiger partial charge in [0.25, 0.3) is 0 Å². The lowest BCUT2D eigenvalue weighted by Crippen LogP contribution is -2.30. The van der Waals surface area contributed by atoms with Gasteiger partial charge in [-0.25, -0.2) is 0 Å². The maximum absolute atomic E-state index is 12.8. The third-order valence-electron chi connectivity index (χ3n) is 10.5. The normalized spacial score (nSPS) is 13.1. The second-order valence-corrected chi connectivity index (χ2v) is 16.7. The summed E-state index contributed by atoms with van der Waals surface area (Å²) in [6, 6.07) is 0. The predicted molar refractivity (Wildman–Crippen MR) is 279 cm³/mol. The molecule has 1 unspecified atom stereocenters. The number of allylic oxidation sites excluding steroid dienone is 20. The van der Waals surface area contributed by atoms with E-state index < -0.39 is 6.10 Å². The van der Waals surface area contributed by atoms with Crippen LogP contribution >= 0.6 is 0 Å². The number of hydrogen-bond donors (Lipinski definition) is 0. The highest BCUT2D eigenvalue weighted by Crippen LogP contribution is 2.12. The number of ether oxygens (including phenoxy) is 3. The molecule has 0 radical (unpaired) electrons. The van der Waals surface area contributed by atoms with Gasteiger partial charge in [-0.2, -0.15) is 0 Å². The largest absolute Gasteiger partial charge is 0.462 e. The SMILES string of the molecule is CC/C=C\C/C=C\C/C=C\C/C=C\C/C=C\C/C=C\CCC(=O)OCC(COC(=O)CC/C=C\C/C=C\CCCCCCCC)OC(=O)CCCCCCCC/C=C\C=C/CCCCC. The minimum Gasteiger partial charge on any atom is -0.462 e. The number of hydrogen-bond acceptors (Lipinski definition) is 6. The third kappa shape index (κ3) is 50.7. The summed E-state index contributed by atoms with van der Waals surface area (Å²) < 4.78 is 16.7. The fourth-order valence-electron chi connectivity index (χ4n) is 6.57. The lowest BCUT2D eigenvalue weighted by molar-refractivity contribution is -0.166. The van der Waals surface area contributed by atoms with Gasteiger partial charge in [0.2, 0.25) is 0 Å². The van der Waals surface area contributed by atoms with Crippen molar-refractivity contribution in [3.8, 4) is 0 Å². The second-order valence-electron chi connectivity index (χ2n) is 16.7. The number of carbonyl (C=O) groups excluding carboxylic acids is 3. The Hall–Kier alpha value is -4.19. The molecule has 0 saturated carbocycles. The van der Waals surface area contributed by atoms with Crippen LogP contribution < -0.4 is 0 Å². The van der Waals surface area contributed by atoms with Gasteiger partial charge in [-0.3, -0.25) is 14.4 Å². The first-order valence-corrected chi connectivity index (χ1v) is 26.1. The van der Waals surface area contributed by atoms with Gasteiger partial charge < -0.3 is 14.2 Å². The van der Waals surface area contributed by atoms with Crippen molar-refractivity contribution in [1.82, 2.24) is 0 Å². The molecule has 0 heterocycles. The first-order valence-electron chi connectivity index (χ1n) is 26.1. The van der Waals surface area contributed by atoms with E-state index in [2.05, 4.69) is 124 Å². The molecule has 0 saturated heterocycles. The summed E-state index contributed by atoms with van der Waals surface area (Å²) in [6.45, 7) is 6.34. The van der Waals surface area contributed by atoms with Crippen LogP contribution in [0.25, 0.3) is 0 Å². The summed E-state index contributed by atoms with van der Waals surface area (Å²) in [5.41, 5.74) is 0. The van der Waals surface area contributed by atoms with E-state index in [1.54, 1.807) is 0 Å². The van der Waals surface area contributed by atoms with Crippen LogP contribution in [-0.2, 0) is 28.6 Å². The Morgan fingerprint density at radius 2 is 0.677 bits per heavy atom. The van der Waals surface area contributed by atoms with E-state index >= 15 is 0 Å². The van der Waals surface area contributed by atoms with Gasteiger partial charge in [0.05, 0.1) is 0 Å². The first kappa shape index (κ1) is 60.8. The van der Waals surface area contributed by atoms with E-state index in [0.717, 1.165) is 89.9 Å². The van der Waals surface area contributed by atoms with Crippen LogP contribution in [-0.4, -0.2) is 37.2 Å². The summed E-state index contributed by atoms with van der Waals surface area (Å²) >= 11 is 0. The maximum Gasteiger partial charge on any atom is 0.306 e. The van der Waals surface area contributed by atoms with Crippen LogP contribution in [0, 0.1) is 0 Å². The Labute approximate surface area is 399 Å². The van der Waals surface area contributed by atoms with E-state index in [9.17, 15) is 14.4 Å². The lowest BCUT2D eigenvalue weighted by Gasteiger charge is -2.18. The second kappa shape index (κ2) is 52.4. The fourth-order valence-corrected chi connectivity index (χ4v) is 6.57.